The summed E-state index contributed by atoms with van der Waals surface area (Å²) in [4.78, 5) is 17.0. The van der Waals surface area contributed by atoms with Crippen molar-refractivity contribution in [2.45, 2.75) is 25.2 Å². The second-order valence-electron chi connectivity index (χ2n) is 5.04. The SMILES string of the molecule is Cc1nc(C)c(CC(=O)NCCS(=O)(=O)c2ccc(F)cc2)s1. The molecule has 0 saturated heterocycles. The number of carbonyl (C=O) groups is 1. The molecule has 0 aliphatic rings. The number of aryl methyl sites for hydroxylation is 2. The first-order valence-corrected chi connectivity index (χ1v) is 9.43. The number of rotatable bonds is 6. The maximum atomic E-state index is 12.8. The highest BCUT2D eigenvalue weighted by molar-refractivity contribution is 7.91. The Labute approximate surface area is 138 Å². The molecule has 0 atom stereocenters. The van der Waals surface area contributed by atoms with Crippen molar-refractivity contribution in [3.8, 4) is 0 Å². The Balaban J connectivity index is 1.87. The van der Waals surface area contributed by atoms with Crippen molar-refractivity contribution >= 4 is 27.1 Å². The van der Waals surface area contributed by atoms with Crippen molar-refractivity contribution in [2.24, 2.45) is 0 Å². The fourth-order valence-electron chi connectivity index (χ4n) is 2.03. The lowest BCUT2D eigenvalue weighted by molar-refractivity contribution is -0.120. The summed E-state index contributed by atoms with van der Waals surface area (Å²) in [5.74, 6) is -0.969. The molecule has 1 heterocycles. The molecular formula is C15H17FN2O3S2. The number of sulfone groups is 1. The largest absolute Gasteiger partial charge is 0.355 e. The third kappa shape index (κ3) is 4.84. The van der Waals surface area contributed by atoms with Crippen LogP contribution < -0.4 is 5.32 Å². The Bertz CT molecular complexity index is 799. The maximum absolute atomic E-state index is 12.8. The van der Waals surface area contributed by atoms with Crippen LogP contribution in [0.5, 0.6) is 0 Å². The fraction of sp³-hybridized carbons (Fsp3) is 0.333. The molecule has 1 N–H and O–H groups in total. The first kappa shape index (κ1) is 17.6. The number of nitrogens with zero attached hydrogens (tertiary/aromatic N) is 1. The number of thiazole rings is 1. The molecule has 2 rings (SSSR count). The minimum Gasteiger partial charge on any atom is -0.355 e. The number of hydrogen-bond acceptors (Lipinski definition) is 5. The lowest BCUT2D eigenvalue weighted by atomic mass is 10.3. The van der Waals surface area contributed by atoms with E-state index in [0.717, 1.165) is 27.7 Å². The Hall–Kier alpha value is -1.80. The van der Waals surface area contributed by atoms with E-state index in [9.17, 15) is 17.6 Å². The van der Waals surface area contributed by atoms with Crippen molar-refractivity contribution in [1.82, 2.24) is 10.3 Å². The van der Waals surface area contributed by atoms with E-state index in [1.807, 2.05) is 13.8 Å². The molecular weight excluding hydrogens is 339 g/mol. The third-order valence-electron chi connectivity index (χ3n) is 3.19. The highest BCUT2D eigenvalue weighted by Gasteiger charge is 2.15. The van der Waals surface area contributed by atoms with Gasteiger partial charge in [-0.25, -0.2) is 17.8 Å². The molecule has 8 heteroatoms. The van der Waals surface area contributed by atoms with Crippen molar-refractivity contribution in [3.63, 3.8) is 0 Å². The van der Waals surface area contributed by atoms with E-state index < -0.39 is 15.7 Å². The number of nitrogens with one attached hydrogen (secondary N) is 1. The summed E-state index contributed by atoms with van der Waals surface area (Å²) in [7, 11) is -3.54. The van der Waals surface area contributed by atoms with E-state index in [1.54, 1.807) is 0 Å². The maximum Gasteiger partial charge on any atom is 0.225 e. The molecule has 0 unspecified atom stereocenters. The Kier molecular flexibility index (Phi) is 5.48. The smallest absolute Gasteiger partial charge is 0.225 e. The van der Waals surface area contributed by atoms with Gasteiger partial charge in [-0.1, -0.05) is 0 Å². The second-order valence-corrected chi connectivity index (χ2v) is 8.44. The molecule has 0 fully saturated rings. The van der Waals surface area contributed by atoms with Crippen LogP contribution in [0.4, 0.5) is 4.39 Å². The summed E-state index contributed by atoms with van der Waals surface area (Å²) in [5, 5.41) is 3.48. The molecule has 0 aliphatic heterocycles. The van der Waals surface area contributed by atoms with Gasteiger partial charge in [0.1, 0.15) is 5.82 Å². The predicted octanol–water partition coefficient (Wildman–Crippen LogP) is 2.03. The molecule has 0 bridgehead atoms. The van der Waals surface area contributed by atoms with Gasteiger partial charge >= 0.3 is 0 Å². The first-order chi connectivity index (χ1) is 10.8. The molecule has 1 amide bonds. The normalized spacial score (nSPS) is 11.4. The van der Waals surface area contributed by atoms with Gasteiger partial charge in [0.25, 0.3) is 0 Å². The van der Waals surface area contributed by atoms with E-state index in [4.69, 9.17) is 0 Å². The summed E-state index contributed by atoms with van der Waals surface area (Å²) in [6.45, 7) is 3.72. The van der Waals surface area contributed by atoms with Crippen LogP contribution in [-0.4, -0.2) is 31.6 Å². The topological polar surface area (TPSA) is 76.1 Å². The monoisotopic (exact) mass is 356 g/mol. The average molecular weight is 356 g/mol. The molecule has 0 radical (unpaired) electrons. The number of benzene rings is 1. The van der Waals surface area contributed by atoms with Crippen LogP contribution in [-0.2, 0) is 21.1 Å². The van der Waals surface area contributed by atoms with Crippen LogP contribution in [0.2, 0.25) is 0 Å². The van der Waals surface area contributed by atoms with Crippen molar-refractivity contribution in [1.29, 1.82) is 0 Å². The summed E-state index contributed by atoms with van der Waals surface area (Å²) in [5.41, 5.74) is 0.821. The highest BCUT2D eigenvalue weighted by Crippen LogP contribution is 2.17. The zero-order valence-corrected chi connectivity index (χ0v) is 14.4. The second kappa shape index (κ2) is 7.18. The first-order valence-electron chi connectivity index (χ1n) is 6.96. The van der Waals surface area contributed by atoms with Gasteiger partial charge in [-0.05, 0) is 38.1 Å². The molecule has 1 aromatic heterocycles. The Morgan fingerprint density at radius 3 is 2.48 bits per heavy atom. The molecule has 0 aliphatic carbocycles. The van der Waals surface area contributed by atoms with Gasteiger partial charge in [0.15, 0.2) is 9.84 Å². The molecule has 23 heavy (non-hydrogen) atoms. The van der Waals surface area contributed by atoms with E-state index in [-0.39, 0.29) is 29.5 Å². The number of aromatic nitrogens is 1. The van der Waals surface area contributed by atoms with Gasteiger partial charge < -0.3 is 5.32 Å². The summed E-state index contributed by atoms with van der Waals surface area (Å²) >= 11 is 1.45. The lowest BCUT2D eigenvalue weighted by Gasteiger charge is -2.06. The average Bonchev–Trinajstić information content (AvgIpc) is 2.77. The summed E-state index contributed by atoms with van der Waals surface area (Å²) < 4.78 is 36.9. The number of amides is 1. The molecule has 5 nitrogen and oxygen atoms in total. The number of carbonyl (C=O) groups excluding carboxylic acids is 1. The van der Waals surface area contributed by atoms with Gasteiger partial charge in [-0.2, -0.15) is 0 Å². The van der Waals surface area contributed by atoms with Crippen LogP contribution in [0.25, 0.3) is 0 Å². The summed E-state index contributed by atoms with van der Waals surface area (Å²) in [6.07, 6.45) is 0.188. The van der Waals surface area contributed by atoms with Crippen molar-refractivity contribution < 1.29 is 17.6 Å². The van der Waals surface area contributed by atoms with Crippen LogP contribution >= 0.6 is 11.3 Å². The van der Waals surface area contributed by atoms with E-state index in [1.165, 1.54) is 23.5 Å². The minimum atomic E-state index is -3.54. The van der Waals surface area contributed by atoms with Crippen LogP contribution in [0, 0.1) is 19.7 Å². The molecule has 2 aromatic rings. The zero-order valence-electron chi connectivity index (χ0n) is 12.8. The standard InChI is InChI=1S/C15H17FN2O3S2/c1-10-14(22-11(2)18-10)9-15(19)17-7-8-23(20,21)13-5-3-12(16)4-6-13/h3-6H,7-9H2,1-2H3,(H,17,19). The molecule has 0 saturated carbocycles. The van der Waals surface area contributed by atoms with Crippen LogP contribution in [0.15, 0.2) is 29.2 Å². The van der Waals surface area contributed by atoms with Crippen molar-refractivity contribution in [3.05, 3.63) is 45.7 Å². The molecule has 0 spiro atoms. The van der Waals surface area contributed by atoms with Gasteiger partial charge in [-0.15, -0.1) is 11.3 Å². The molecule has 124 valence electrons. The predicted molar refractivity (Wildman–Crippen MR) is 86.8 cm³/mol. The van der Waals surface area contributed by atoms with E-state index in [2.05, 4.69) is 10.3 Å². The third-order valence-corrected chi connectivity index (χ3v) is 5.99. The number of hydrogen-bond donors (Lipinski definition) is 1. The Morgan fingerprint density at radius 2 is 1.91 bits per heavy atom. The quantitative estimate of drug-likeness (QED) is 0.804. The van der Waals surface area contributed by atoms with Crippen molar-refractivity contribution in [2.75, 3.05) is 12.3 Å². The van der Waals surface area contributed by atoms with Gasteiger partial charge in [0.05, 0.1) is 27.8 Å². The van der Waals surface area contributed by atoms with E-state index in [0.29, 0.717) is 0 Å². The number of halogens is 1. The fourth-order valence-corrected chi connectivity index (χ4v) is 4.12. The summed E-state index contributed by atoms with van der Waals surface area (Å²) in [6, 6.07) is 4.63. The molecule has 1 aromatic carbocycles. The van der Waals surface area contributed by atoms with Crippen LogP contribution in [0.3, 0.4) is 0 Å². The van der Waals surface area contributed by atoms with E-state index >= 15 is 0 Å². The van der Waals surface area contributed by atoms with Crippen LogP contribution in [0.1, 0.15) is 15.6 Å². The lowest BCUT2D eigenvalue weighted by Crippen LogP contribution is -2.30. The Morgan fingerprint density at radius 1 is 1.26 bits per heavy atom. The zero-order chi connectivity index (χ0) is 17.0. The van der Waals surface area contributed by atoms with Gasteiger partial charge in [-0.3, -0.25) is 4.79 Å². The minimum absolute atomic E-state index is 0.00930. The highest BCUT2D eigenvalue weighted by atomic mass is 32.2. The van der Waals surface area contributed by atoms with Gasteiger partial charge in [0, 0.05) is 11.4 Å². The van der Waals surface area contributed by atoms with Gasteiger partial charge in [0.2, 0.25) is 5.91 Å².